The third-order valence-electron chi connectivity index (χ3n) is 4.08. The lowest BCUT2D eigenvalue weighted by molar-refractivity contribution is 0.343. The molecule has 0 bridgehead atoms. The van der Waals surface area contributed by atoms with Gasteiger partial charge in [0, 0.05) is 5.75 Å². The van der Waals surface area contributed by atoms with E-state index >= 15 is 0 Å². The van der Waals surface area contributed by atoms with Gasteiger partial charge in [-0.25, -0.2) is 9.07 Å². The predicted molar refractivity (Wildman–Crippen MR) is 107 cm³/mol. The van der Waals surface area contributed by atoms with E-state index in [9.17, 15) is 4.39 Å². The van der Waals surface area contributed by atoms with Crippen molar-refractivity contribution in [1.29, 1.82) is 0 Å². The van der Waals surface area contributed by atoms with Crippen molar-refractivity contribution in [2.45, 2.75) is 31.3 Å². The van der Waals surface area contributed by atoms with Gasteiger partial charge in [-0.1, -0.05) is 56.8 Å². The Morgan fingerprint density at radius 1 is 1.07 bits per heavy atom. The molecule has 7 heteroatoms. The quantitative estimate of drug-likeness (QED) is 0.389. The topological polar surface area (TPSA) is 66.0 Å². The van der Waals surface area contributed by atoms with Crippen LogP contribution < -0.4 is 10.6 Å². The van der Waals surface area contributed by atoms with Crippen molar-refractivity contribution < 1.29 is 9.13 Å². The monoisotopic (exact) mass is 386 g/mol. The molecule has 0 radical (unpaired) electrons. The van der Waals surface area contributed by atoms with Crippen LogP contribution in [0.25, 0.3) is 11.4 Å². The highest BCUT2D eigenvalue weighted by Crippen LogP contribution is 2.25. The minimum Gasteiger partial charge on any atom is -0.493 e. The fourth-order valence-corrected chi connectivity index (χ4v) is 3.22. The Morgan fingerprint density at radius 2 is 1.78 bits per heavy atom. The van der Waals surface area contributed by atoms with Gasteiger partial charge in [-0.15, -0.1) is 10.2 Å². The standard InChI is InChI=1S/C20H23FN4OS/c1-20(2,3)14-8-10-15(11-9-14)26-12-13-27-19-24-23-18(25(19)22)16-6-4-5-7-17(16)21/h4-11H,12-13,22H2,1-3H3. The summed E-state index contributed by atoms with van der Waals surface area (Å²) in [6.45, 7) is 7.04. The van der Waals surface area contributed by atoms with Gasteiger partial charge in [-0.05, 0) is 35.2 Å². The van der Waals surface area contributed by atoms with Crippen molar-refractivity contribution in [3.8, 4) is 17.1 Å². The van der Waals surface area contributed by atoms with Crippen LogP contribution in [0.5, 0.6) is 5.75 Å². The Morgan fingerprint density at radius 3 is 2.44 bits per heavy atom. The van der Waals surface area contributed by atoms with Crippen LogP contribution >= 0.6 is 11.8 Å². The molecule has 0 unspecified atom stereocenters. The SMILES string of the molecule is CC(C)(C)c1ccc(OCCSc2nnc(-c3ccccc3F)n2N)cc1. The second-order valence-electron chi connectivity index (χ2n) is 7.13. The number of aromatic nitrogens is 3. The third kappa shape index (κ3) is 4.60. The summed E-state index contributed by atoms with van der Waals surface area (Å²) in [6, 6.07) is 14.5. The largest absolute Gasteiger partial charge is 0.493 e. The van der Waals surface area contributed by atoms with Gasteiger partial charge in [0.05, 0.1) is 12.2 Å². The van der Waals surface area contributed by atoms with Gasteiger partial charge in [0.1, 0.15) is 11.6 Å². The first kappa shape index (κ1) is 19.2. The highest BCUT2D eigenvalue weighted by Gasteiger charge is 2.15. The molecule has 1 heterocycles. The van der Waals surface area contributed by atoms with Crippen molar-refractivity contribution in [3.63, 3.8) is 0 Å². The number of thioether (sulfide) groups is 1. The average Bonchev–Trinajstić information content (AvgIpc) is 2.99. The van der Waals surface area contributed by atoms with E-state index in [1.165, 1.54) is 28.1 Å². The predicted octanol–water partition coefficient (Wildman–Crippen LogP) is 4.27. The molecule has 0 saturated carbocycles. The van der Waals surface area contributed by atoms with Crippen LogP contribution in [0.1, 0.15) is 26.3 Å². The lowest BCUT2D eigenvalue weighted by Gasteiger charge is -2.19. The van der Waals surface area contributed by atoms with Crippen LogP contribution in [-0.4, -0.2) is 27.2 Å². The number of halogens is 1. The molecular weight excluding hydrogens is 363 g/mol. The Hall–Kier alpha value is -2.54. The number of nitrogens with two attached hydrogens (primary N) is 1. The smallest absolute Gasteiger partial charge is 0.210 e. The second kappa shape index (κ2) is 8.00. The molecule has 1 aromatic heterocycles. The van der Waals surface area contributed by atoms with Crippen molar-refractivity contribution in [1.82, 2.24) is 14.9 Å². The van der Waals surface area contributed by atoms with Gasteiger partial charge in [-0.2, -0.15) is 0 Å². The molecule has 3 aromatic rings. The molecular formula is C20H23FN4OS. The summed E-state index contributed by atoms with van der Waals surface area (Å²) < 4.78 is 21.0. The Labute approximate surface area is 162 Å². The number of nitrogens with zero attached hydrogens (tertiary/aromatic N) is 3. The Balaban J connectivity index is 1.55. The lowest BCUT2D eigenvalue weighted by atomic mass is 9.87. The summed E-state index contributed by atoms with van der Waals surface area (Å²) in [6.07, 6.45) is 0. The Kier molecular flexibility index (Phi) is 5.70. The lowest BCUT2D eigenvalue weighted by Crippen LogP contribution is -2.13. The summed E-state index contributed by atoms with van der Waals surface area (Å²) >= 11 is 1.41. The van der Waals surface area contributed by atoms with E-state index in [2.05, 4.69) is 43.1 Å². The molecule has 0 saturated heterocycles. The highest BCUT2D eigenvalue weighted by molar-refractivity contribution is 7.99. The van der Waals surface area contributed by atoms with E-state index in [-0.39, 0.29) is 11.2 Å². The van der Waals surface area contributed by atoms with Gasteiger partial charge < -0.3 is 10.6 Å². The first-order chi connectivity index (χ1) is 12.9. The molecule has 3 rings (SSSR count). The van der Waals surface area contributed by atoms with Crippen LogP contribution in [0.2, 0.25) is 0 Å². The zero-order valence-corrected chi connectivity index (χ0v) is 16.5. The number of hydrogen-bond acceptors (Lipinski definition) is 5. The minimum atomic E-state index is -0.379. The molecule has 0 spiro atoms. The van der Waals surface area contributed by atoms with Gasteiger partial charge >= 0.3 is 0 Å². The first-order valence-electron chi connectivity index (χ1n) is 8.68. The number of benzene rings is 2. The van der Waals surface area contributed by atoms with E-state index in [4.69, 9.17) is 10.6 Å². The summed E-state index contributed by atoms with van der Waals surface area (Å²) in [7, 11) is 0. The van der Waals surface area contributed by atoms with Gasteiger partial charge in [-0.3, -0.25) is 0 Å². The molecule has 0 atom stereocenters. The molecule has 0 fully saturated rings. The molecule has 142 valence electrons. The molecule has 5 nitrogen and oxygen atoms in total. The summed E-state index contributed by atoms with van der Waals surface area (Å²) in [5, 5.41) is 8.56. The molecule has 2 N–H and O–H groups in total. The number of rotatable bonds is 6. The summed E-state index contributed by atoms with van der Waals surface area (Å²) in [5.74, 6) is 7.41. The number of nitrogen functional groups attached to an aromatic ring is 1. The number of hydrogen-bond donors (Lipinski definition) is 1. The summed E-state index contributed by atoms with van der Waals surface area (Å²) in [4.78, 5) is 0. The maximum absolute atomic E-state index is 13.9. The van der Waals surface area contributed by atoms with Crippen LogP contribution in [0.4, 0.5) is 4.39 Å². The maximum Gasteiger partial charge on any atom is 0.210 e. The fourth-order valence-electron chi connectivity index (χ4n) is 2.55. The Bertz CT molecular complexity index is 903. The third-order valence-corrected chi connectivity index (χ3v) is 4.99. The maximum atomic E-state index is 13.9. The zero-order chi connectivity index (χ0) is 19.4. The van der Waals surface area contributed by atoms with Crippen molar-refractivity contribution in [2.75, 3.05) is 18.2 Å². The molecule has 0 amide bonds. The molecule has 0 aliphatic heterocycles. The van der Waals surface area contributed by atoms with Gasteiger partial charge in [0.15, 0.2) is 5.82 Å². The fraction of sp³-hybridized carbons (Fsp3) is 0.300. The van der Waals surface area contributed by atoms with E-state index in [0.29, 0.717) is 28.9 Å². The molecule has 2 aromatic carbocycles. The van der Waals surface area contributed by atoms with E-state index in [1.807, 2.05) is 12.1 Å². The van der Waals surface area contributed by atoms with E-state index < -0.39 is 0 Å². The minimum absolute atomic E-state index is 0.121. The summed E-state index contributed by atoms with van der Waals surface area (Å²) in [5.41, 5.74) is 1.71. The van der Waals surface area contributed by atoms with E-state index in [0.717, 1.165) is 5.75 Å². The van der Waals surface area contributed by atoms with Crippen LogP contribution in [0, 0.1) is 5.82 Å². The second-order valence-corrected chi connectivity index (χ2v) is 8.19. The van der Waals surface area contributed by atoms with Crippen molar-refractivity contribution in [3.05, 3.63) is 59.9 Å². The van der Waals surface area contributed by atoms with Crippen LogP contribution in [0.3, 0.4) is 0 Å². The average molecular weight is 386 g/mol. The highest BCUT2D eigenvalue weighted by atomic mass is 32.2. The number of ether oxygens (including phenoxy) is 1. The molecule has 27 heavy (non-hydrogen) atoms. The zero-order valence-electron chi connectivity index (χ0n) is 15.6. The molecule has 0 aliphatic carbocycles. The van der Waals surface area contributed by atoms with Crippen LogP contribution in [0.15, 0.2) is 53.7 Å². The normalized spacial score (nSPS) is 11.6. The van der Waals surface area contributed by atoms with Crippen molar-refractivity contribution >= 4 is 11.8 Å². The van der Waals surface area contributed by atoms with Gasteiger partial charge in [0.2, 0.25) is 5.16 Å². The molecule has 0 aliphatic rings. The van der Waals surface area contributed by atoms with Crippen molar-refractivity contribution in [2.24, 2.45) is 0 Å². The van der Waals surface area contributed by atoms with Crippen LogP contribution in [-0.2, 0) is 5.41 Å². The van der Waals surface area contributed by atoms with Gasteiger partial charge in [0.25, 0.3) is 0 Å². The first-order valence-corrected chi connectivity index (χ1v) is 9.66. The van der Waals surface area contributed by atoms with E-state index in [1.54, 1.807) is 18.2 Å².